The molecule has 1 saturated carbocycles. The maximum Gasteiger partial charge on any atom is 0.255 e. The number of aromatic nitrogens is 3. The molecule has 8 rings (SSSR count). The number of alkyl halides is 1. The number of piperazine rings is 1. The Morgan fingerprint density at radius 2 is 1.91 bits per heavy atom. The lowest BCUT2D eigenvalue weighted by atomic mass is 9.99. The molecule has 2 aromatic heterocycles. The van der Waals surface area contributed by atoms with Crippen LogP contribution in [-0.2, 0) is 24.3 Å². The van der Waals surface area contributed by atoms with Gasteiger partial charge in [0, 0.05) is 78.6 Å². The fourth-order valence-electron chi connectivity index (χ4n) is 6.86. The fourth-order valence-corrected chi connectivity index (χ4v) is 7.67. The van der Waals surface area contributed by atoms with Gasteiger partial charge in [-0.1, -0.05) is 17.7 Å². The van der Waals surface area contributed by atoms with Gasteiger partial charge in [-0.05, 0) is 48.2 Å². The Kier molecular flexibility index (Phi) is 7.10. The molecule has 0 radical (unpaired) electrons. The Morgan fingerprint density at radius 1 is 1.09 bits per heavy atom. The van der Waals surface area contributed by atoms with E-state index in [1.807, 2.05) is 6.07 Å². The maximum atomic E-state index is 15.5. The van der Waals surface area contributed by atoms with Crippen molar-refractivity contribution in [2.24, 2.45) is 0 Å². The molecule has 13 heteroatoms. The van der Waals surface area contributed by atoms with E-state index in [4.69, 9.17) is 11.6 Å². The van der Waals surface area contributed by atoms with Crippen LogP contribution in [0.4, 0.5) is 19.6 Å². The minimum atomic E-state index is -1.13. The third-order valence-corrected chi connectivity index (χ3v) is 10.3. The van der Waals surface area contributed by atoms with Gasteiger partial charge in [-0.3, -0.25) is 19.8 Å². The number of rotatable bonds is 7. The smallest absolute Gasteiger partial charge is 0.255 e. The molecular formula is C32H30ClF2N7O2S. The number of imidazole rings is 1. The van der Waals surface area contributed by atoms with Gasteiger partial charge >= 0.3 is 0 Å². The summed E-state index contributed by atoms with van der Waals surface area (Å²) in [6, 6.07) is 8.14. The van der Waals surface area contributed by atoms with E-state index < -0.39 is 24.0 Å². The molecule has 2 aromatic carbocycles. The largest absolute Gasteiger partial charge is 0.367 e. The molecule has 2 atom stereocenters. The quantitative estimate of drug-likeness (QED) is 0.292. The van der Waals surface area contributed by atoms with Crippen molar-refractivity contribution in [2.75, 3.05) is 36.4 Å². The van der Waals surface area contributed by atoms with Gasteiger partial charge in [0.15, 0.2) is 11.2 Å². The Morgan fingerprint density at radius 3 is 2.64 bits per heavy atom. The molecule has 2 fully saturated rings. The Balaban J connectivity index is 1.08. The van der Waals surface area contributed by atoms with Crippen LogP contribution in [0.25, 0.3) is 11.1 Å². The first-order valence-electron chi connectivity index (χ1n) is 15.1. The highest BCUT2D eigenvalue weighted by molar-refractivity contribution is 7.13. The molecular weight excluding hydrogens is 620 g/mol. The van der Waals surface area contributed by atoms with Crippen LogP contribution in [0.2, 0.25) is 5.02 Å². The Labute approximate surface area is 267 Å². The summed E-state index contributed by atoms with van der Waals surface area (Å²) in [5, 5.41) is 5.24. The van der Waals surface area contributed by atoms with Gasteiger partial charge in [0.05, 0.1) is 24.3 Å². The molecule has 1 N–H and O–H groups in total. The van der Waals surface area contributed by atoms with Crippen LogP contribution in [0.5, 0.6) is 0 Å². The highest BCUT2D eigenvalue weighted by Crippen LogP contribution is 2.40. The minimum Gasteiger partial charge on any atom is -0.367 e. The van der Waals surface area contributed by atoms with Crippen LogP contribution in [0.15, 0.2) is 48.2 Å². The van der Waals surface area contributed by atoms with E-state index in [-0.39, 0.29) is 25.3 Å². The molecule has 0 bridgehead atoms. The predicted molar refractivity (Wildman–Crippen MR) is 168 cm³/mol. The number of benzene rings is 2. The standard InChI is InChI=1S/C32H30ClF2N7O2S/c33-24-12-19(18-1-4-26(25(35)13-18)40-8-6-39(7-9-40)21-2-3-21)11-22-23(24)16-42(31(22)44)29(30(43)38-32-36-5-10-45-32)28-27-14-20(34)15-41(27)17-37-28/h1,4-5,10-13,17,20-21,29H,2-3,6-9,14-16H2,(H,36,38,43)/t20-,29?/m1/s1. The lowest BCUT2D eigenvalue weighted by molar-refractivity contribution is -0.121. The molecule has 2 amide bonds. The van der Waals surface area contributed by atoms with Crippen LogP contribution in [0.3, 0.4) is 0 Å². The molecule has 4 aromatic rings. The second-order valence-electron chi connectivity index (χ2n) is 12.1. The van der Waals surface area contributed by atoms with Gasteiger partial charge in [-0.2, -0.15) is 0 Å². The van der Waals surface area contributed by atoms with E-state index in [0.717, 1.165) is 26.2 Å². The number of hydrogen-bond acceptors (Lipinski definition) is 7. The third-order valence-electron chi connectivity index (χ3n) is 9.28. The summed E-state index contributed by atoms with van der Waals surface area (Å²) in [6.45, 7) is 3.65. The molecule has 45 heavy (non-hydrogen) atoms. The zero-order chi connectivity index (χ0) is 30.8. The van der Waals surface area contributed by atoms with E-state index in [9.17, 15) is 14.0 Å². The summed E-state index contributed by atoms with van der Waals surface area (Å²) in [5.41, 5.74) is 3.60. The maximum absolute atomic E-state index is 15.5. The van der Waals surface area contributed by atoms with Crippen LogP contribution in [-0.4, -0.2) is 74.5 Å². The molecule has 5 heterocycles. The van der Waals surface area contributed by atoms with Gasteiger partial charge < -0.3 is 14.4 Å². The van der Waals surface area contributed by atoms with Crippen molar-refractivity contribution < 1.29 is 18.4 Å². The number of carbonyl (C=O) groups excluding carboxylic acids is 2. The molecule has 1 aliphatic carbocycles. The van der Waals surface area contributed by atoms with Crippen LogP contribution >= 0.6 is 22.9 Å². The first-order valence-corrected chi connectivity index (χ1v) is 16.4. The van der Waals surface area contributed by atoms with Crippen molar-refractivity contribution in [3.8, 4) is 11.1 Å². The van der Waals surface area contributed by atoms with E-state index in [0.29, 0.717) is 55.5 Å². The number of amides is 2. The highest BCUT2D eigenvalue weighted by atomic mass is 35.5. The molecule has 232 valence electrons. The first-order chi connectivity index (χ1) is 21.8. The summed E-state index contributed by atoms with van der Waals surface area (Å²) >= 11 is 8.02. The summed E-state index contributed by atoms with van der Waals surface area (Å²) in [4.78, 5) is 42.4. The predicted octanol–water partition coefficient (Wildman–Crippen LogP) is 5.31. The van der Waals surface area contributed by atoms with Crippen LogP contribution < -0.4 is 10.2 Å². The number of anilines is 2. The number of carbonyl (C=O) groups is 2. The van der Waals surface area contributed by atoms with Crippen molar-refractivity contribution >= 4 is 45.6 Å². The Bertz CT molecular complexity index is 1800. The first kappa shape index (κ1) is 28.6. The van der Waals surface area contributed by atoms with Gasteiger partial charge in [-0.15, -0.1) is 11.3 Å². The van der Waals surface area contributed by atoms with Crippen LogP contribution in [0, 0.1) is 5.82 Å². The van der Waals surface area contributed by atoms with E-state index in [1.54, 1.807) is 34.3 Å². The molecule has 0 spiro atoms. The second-order valence-corrected chi connectivity index (χ2v) is 13.4. The molecule has 1 saturated heterocycles. The van der Waals surface area contributed by atoms with E-state index >= 15 is 4.39 Å². The average Bonchev–Trinajstić information content (AvgIpc) is 3.26. The topological polar surface area (TPSA) is 86.6 Å². The number of hydrogen-bond donors (Lipinski definition) is 1. The second kappa shape index (κ2) is 11.2. The SMILES string of the molecule is O=C(Nc1nccs1)C(c1ncn2c1C[C@@H](F)C2)N1Cc2c(Cl)cc(-c3ccc(N4CCN(C5CC5)CC4)c(F)c3)cc2C1=O. The summed E-state index contributed by atoms with van der Waals surface area (Å²) < 4.78 is 31.5. The lowest BCUT2D eigenvalue weighted by Crippen LogP contribution is -2.47. The molecule has 4 aliphatic rings. The van der Waals surface area contributed by atoms with Crippen molar-refractivity contribution in [1.82, 2.24) is 24.3 Å². The van der Waals surface area contributed by atoms with Crippen molar-refractivity contribution in [1.29, 1.82) is 0 Å². The van der Waals surface area contributed by atoms with Gasteiger partial charge in [0.25, 0.3) is 11.8 Å². The summed E-state index contributed by atoms with van der Waals surface area (Å²) in [6.07, 6.45) is 4.62. The normalized spacial score (nSPS) is 20.4. The minimum absolute atomic E-state index is 0.0642. The third kappa shape index (κ3) is 5.18. The Hall–Kier alpha value is -3.87. The number of halogens is 3. The molecule has 9 nitrogen and oxygen atoms in total. The lowest BCUT2D eigenvalue weighted by Gasteiger charge is -2.36. The van der Waals surface area contributed by atoms with Crippen molar-refractivity contribution in [3.63, 3.8) is 0 Å². The van der Waals surface area contributed by atoms with Crippen molar-refractivity contribution in [3.05, 3.63) is 81.6 Å². The van der Waals surface area contributed by atoms with Crippen molar-refractivity contribution in [2.45, 2.75) is 50.6 Å². The molecule has 1 unspecified atom stereocenters. The van der Waals surface area contributed by atoms with Gasteiger partial charge in [0.2, 0.25) is 0 Å². The number of thiazole rings is 1. The summed E-state index contributed by atoms with van der Waals surface area (Å²) in [7, 11) is 0. The average molecular weight is 650 g/mol. The zero-order valence-corrected chi connectivity index (χ0v) is 25.8. The zero-order valence-electron chi connectivity index (χ0n) is 24.3. The van der Waals surface area contributed by atoms with Crippen LogP contribution in [0.1, 0.15) is 46.2 Å². The number of nitrogens with zero attached hydrogens (tertiary/aromatic N) is 6. The monoisotopic (exact) mass is 649 g/mol. The van der Waals surface area contributed by atoms with E-state index in [1.165, 1.54) is 41.5 Å². The van der Waals surface area contributed by atoms with Gasteiger partial charge in [-0.25, -0.2) is 18.7 Å². The molecule has 3 aliphatic heterocycles. The highest BCUT2D eigenvalue weighted by Gasteiger charge is 2.42. The number of fused-ring (bicyclic) bond motifs is 2. The summed E-state index contributed by atoms with van der Waals surface area (Å²) in [5.74, 6) is -1.23. The van der Waals surface area contributed by atoms with Gasteiger partial charge in [0.1, 0.15) is 12.0 Å². The number of nitrogens with one attached hydrogen (secondary N) is 1. The fraction of sp³-hybridized carbons (Fsp3) is 0.375. The van der Waals surface area contributed by atoms with E-state index in [2.05, 4.69) is 25.1 Å².